The van der Waals surface area contributed by atoms with Crippen molar-refractivity contribution in [2.24, 2.45) is 0 Å². The number of aromatic nitrogens is 1. The highest BCUT2D eigenvalue weighted by molar-refractivity contribution is 6.02. The van der Waals surface area contributed by atoms with Crippen LogP contribution in [0, 0.1) is 13.8 Å². The van der Waals surface area contributed by atoms with Gasteiger partial charge in [0.25, 0.3) is 5.91 Å². The number of aromatic amines is 1. The fourth-order valence-corrected chi connectivity index (χ4v) is 3.38. The molecule has 27 heavy (non-hydrogen) atoms. The predicted octanol–water partition coefficient (Wildman–Crippen LogP) is 4.66. The van der Waals surface area contributed by atoms with Crippen LogP contribution in [0.4, 0.5) is 13.2 Å². The summed E-state index contributed by atoms with van der Waals surface area (Å²) in [5.74, 6) is -0.341. The molecule has 0 aliphatic heterocycles. The van der Waals surface area contributed by atoms with Crippen LogP contribution in [0.25, 0.3) is 0 Å². The molecule has 0 unspecified atom stereocenters. The van der Waals surface area contributed by atoms with Crippen molar-refractivity contribution in [3.63, 3.8) is 0 Å². The number of halogens is 3. The van der Waals surface area contributed by atoms with Gasteiger partial charge in [-0.1, -0.05) is 12.1 Å². The van der Waals surface area contributed by atoms with Gasteiger partial charge >= 0.3 is 6.18 Å². The second-order valence-electron chi connectivity index (χ2n) is 7.04. The van der Waals surface area contributed by atoms with Crippen molar-refractivity contribution in [3.8, 4) is 0 Å². The van der Waals surface area contributed by atoms with Crippen molar-refractivity contribution in [1.29, 1.82) is 0 Å². The maximum atomic E-state index is 13.1. The Hall–Kier alpha value is -2.57. The minimum atomic E-state index is -4.38. The molecule has 1 N–H and O–H groups in total. The van der Waals surface area contributed by atoms with Crippen LogP contribution in [-0.2, 0) is 12.7 Å². The summed E-state index contributed by atoms with van der Waals surface area (Å²) in [6.07, 6.45) is -2.65. The van der Waals surface area contributed by atoms with Crippen molar-refractivity contribution in [3.05, 3.63) is 57.9 Å². The van der Waals surface area contributed by atoms with Crippen molar-refractivity contribution < 1.29 is 22.8 Å². The number of carbonyl (C=O) groups is 2. The molecule has 1 heterocycles. The van der Waals surface area contributed by atoms with E-state index in [2.05, 4.69) is 4.98 Å². The number of amides is 1. The van der Waals surface area contributed by atoms with Crippen LogP contribution in [-0.4, -0.2) is 27.6 Å². The summed E-state index contributed by atoms with van der Waals surface area (Å²) in [6, 6.07) is 4.94. The molecule has 1 saturated carbocycles. The third kappa shape index (κ3) is 3.91. The first-order valence-electron chi connectivity index (χ1n) is 8.76. The number of Topliss-reactive ketones (excluding diaryl/α,β-unsaturated/α-hetero) is 1. The molecule has 0 radical (unpaired) electrons. The van der Waals surface area contributed by atoms with E-state index in [1.807, 2.05) is 0 Å². The Morgan fingerprint density at radius 3 is 2.19 bits per heavy atom. The van der Waals surface area contributed by atoms with E-state index in [4.69, 9.17) is 0 Å². The number of nitrogens with one attached hydrogen (secondary N) is 1. The molecule has 0 bridgehead atoms. The smallest absolute Gasteiger partial charge is 0.354 e. The van der Waals surface area contributed by atoms with Crippen LogP contribution in [0.3, 0.4) is 0 Å². The highest BCUT2D eigenvalue weighted by Crippen LogP contribution is 2.32. The van der Waals surface area contributed by atoms with E-state index >= 15 is 0 Å². The zero-order valence-corrected chi connectivity index (χ0v) is 15.4. The SMILES string of the molecule is CC(=O)c1c(C)[nH]c(C(=O)N(Cc2ccc(C(F)(F)F)cc2)C2CC2)c1C. The van der Waals surface area contributed by atoms with Gasteiger partial charge in [-0.15, -0.1) is 0 Å². The Balaban J connectivity index is 1.85. The molecular weight excluding hydrogens is 357 g/mol. The summed E-state index contributed by atoms with van der Waals surface area (Å²) in [5.41, 5.74) is 2.07. The van der Waals surface area contributed by atoms with Crippen LogP contribution in [0.5, 0.6) is 0 Å². The molecule has 1 aliphatic rings. The minimum Gasteiger partial charge on any atom is -0.354 e. The zero-order chi connectivity index (χ0) is 19.9. The first-order valence-corrected chi connectivity index (χ1v) is 8.76. The van der Waals surface area contributed by atoms with Crippen LogP contribution in [0.2, 0.25) is 0 Å². The fraction of sp³-hybridized carbons (Fsp3) is 0.400. The number of H-pyrrole nitrogens is 1. The van der Waals surface area contributed by atoms with Crippen molar-refractivity contribution in [2.75, 3.05) is 0 Å². The Kier molecular flexibility index (Phi) is 4.88. The lowest BCUT2D eigenvalue weighted by Crippen LogP contribution is -2.33. The predicted molar refractivity (Wildman–Crippen MR) is 94.6 cm³/mol. The first kappa shape index (κ1) is 19.2. The molecule has 1 aromatic carbocycles. The molecule has 1 aromatic heterocycles. The summed E-state index contributed by atoms with van der Waals surface area (Å²) < 4.78 is 38.2. The van der Waals surface area contributed by atoms with E-state index in [1.54, 1.807) is 18.7 Å². The zero-order valence-electron chi connectivity index (χ0n) is 15.4. The minimum absolute atomic E-state index is 0.0728. The molecule has 0 atom stereocenters. The number of rotatable bonds is 5. The standard InChI is InChI=1S/C20H21F3N2O2/c1-11-17(13(3)26)12(2)24-18(11)19(27)25(16-8-9-16)10-14-4-6-15(7-5-14)20(21,22)23/h4-7,16,24H,8-10H2,1-3H3. The van der Waals surface area contributed by atoms with Crippen molar-refractivity contribution in [1.82, 2.24) is 9.88 Å². The van der Waals surface area contributed by atoms with Crippen LogP contribution < -0.4 is 0 Å². The molecule has 144 valence electrons. The summed E-state index contributed by atoms with van der Waals surface area (Å²) in [5, 5.41) is 0. The van der Waals surface area contributed by atoms with Gasteiger partial charge in [0.05, 0.1) is 5.56 Å². The Bertz CT molecular complexity index is 878. The van der Waals surface area contributed by atoms with Crippen molar-refractivity contribution >= 4 is 11.7 Å². The molecule has 2 aromatic rings. The lowest BCUT2D eigenvalue weighted by molar-refractivity contribution is -0.137. The number of carbonyl (C=O) groups excluding carboxylic acids is 2. The van der Waals surface area contributed by atoms with E-state index < -0.39 is 11.7 Å². The van der Waals surface area contributed by atoms with Crippen LogP contribution >= 0.6 is 0 Å². The summed E-state index contributed by atoms with van der Waals surface area (Å²) in [7, 11) is 0. The Morgan fingerprint density at radius 2 is 1.74 bits per heavy atom. The number of hydrogen-bond acceptors (Lipinski definition) is 2. The van der Waals surface area contributed by atoms with Gasteiger partial charge in [-0.2, -0.15) is 13.2 Å². The van der Waals surface area contributed by atoms with Gasteiger partial charge in [-0.3, -0.25) is 9.59 Å². The van der Waals surface area contributed by atoms with Gasteiger partial charge in [0, 0.05) is 23.8 Å². The molecule has 0 saturated heterocycles. The van der Waals surface area contributed by atoms with Gasteiger partial charge < -0.3 is 9.88 Å². The highest BCUT2D eigenvalue weighted by atomic mass is 19.4. The number of ketones is 1. The van der Waals surface area contributed by atoms with E-state index in [-0.39, 0.29) is 24.3 Å². The fourth-order valence-electron chi connectivity index (χ4n) is 3.38. The Morgan fingerprint density at radius 1 is 1.15 bits per heavy atom. The molecule has 0 spiro atoms. The van der Waals surface area contributed by atoms with Gasteiger partial charge in [-0.25, -0.2) is 0 Å². The molecule has 7 heteroatoms. The molecule has 1 fully saturated rings. The third-order valence-electron chi connectivity index (χ3n) is 4.89. The third-order valence-corrected chi connectivity index (χ3v) is 4.89. The highest BCUT2D eigenvalue weighted by Gasteiger charge is 2.35. The number of aryl methyl sites for hydroxylation is 1. The normalized spacial score (nSPS) is 14.3. The van der Waals surface area contributed by atoms with Crippen LogP contribution in [0.1, 0.15) is 63.0 Å². The lowest BCUT2D eigenvalue weighted by atomic mass is 10.1. The largest absolute Gasteiger partial charge is 0.416 e. The number of benzene rings is 1. The molecular formula is C20H21F3N2O2. The van der Waals surface area contributed by atoms with Gasteiger partial charge in [-0.05, 0) is 56.9 Å². The topological polar surface area (TPSA) is 53.2 Å². The van der Waals surface area contributed by atoms with Crippen LogP contribution in [0.15, 0.2) is 24.3 Å². The second kappa shape index (κ2) is 6.87. The summed E-state index contributed by atoms with van der Waals surface area (Å²) in [4.78, 5) is 29.6. The summed E-state index contributed by atoms with van der Waals surface area (Å²) in [6.45, 7) is 5.17. The molecule has 3 rings (SSSR count). The first-order chi connectivity index (χ1) is 12.6. The van der Waals surface area contributed by atoms with E-state index in [0.717, 1.165) is 25.0 Å². The second-order valence-corrected chi connectivity index (χ2v) is 7.04. The molecule has 1 aliphatic carbocycles. The lowest BCUT2D eigenvalue weighted by Gasteiger charge is -2.23. The van der Waals surface area contributed by atoms with Gasteiger partial charge in [0.15, 0.2) is 5.78 Å². The average molecular weight is 378 g/mol. The van der Waals surface area contributed by atoms with E-state index in [9.17, 15) is 22.8 Å². The molecule has 1 amide bonds. The monoisotopic (exact) mass is 378 g/mol. The van der Waals surface area contributed by atoms with Gasteiger partial charge in [0.1, 0.15) is 5.69 Å². The van der Waals surface area contributed by atoms with E-state index in [1.165, 1.54) is 19.1 Å². The average Bonchev–Trinajstić information content (AvgIpc) is 3.36. The van der Waals surface area contributed by atoms with Gasteiger partial charge in [0.2, 0.25) is 0 Å². The maximum Gasteiger partial charge on any atom is 0.416 e. The number of hydrogen-bond donors (Lipinski definition) is 1. The molecule has 4 nitrogen and oxygen atoms in total. The van der Waals surface area contributed by atoms with E-state index in [0.29, 0.717) is 28.1 Å². The number of nitrogens with zero attached hydrogens (tertiary/aromatic N) is 1. The van der Waals surface area contributed by atoms with Crippen molar-refractivity contribution in [2.45, 2.75) is 52.4 Å². The number of alkyl halides is 3. The quantitative estimate of drug-likeness (QED) is 0.770. The summed E-state index contributed by atoms with van der Waals surface area (Å²) >= 11 is 0. The maximum absolute atomic E-state index is 13.1. The Labute approximate surface area is 155 Å².